The van der Waals surface area contributed by atoms with Gasteiger partial charge in [0.25, 0.3) is 0 Å². The lowest BCUT2D eigenvalue weighted by Gasteiger charge is -2.11. The van der Waals surface area contributed by atoms with Crippen LogP contribution in [0.2, 0.25) is 0 Å². The SMILES string of the molecule is Cc1cccc(CNC(C)c2cc3cc(Br)ccc3o2)c1. The smallest absolute Gasteiger partial charge is 0.134 e. The number of aryl methyl sites for hydroxylation is 1. The zero-order valence-electron chi connectivity index (χ0n) is 12.2. The first-order chi connectivity index (χ1) is 10.1. The molecule has 3 rings (SSSR count). The quantitative estimate of drug-likeness (QED) is 0.690. The monoisotopic (exact) mass is 343 g/mol. The second-order valence-corrected chi connectivity index (χ2v) is 6.34. The second-order valence-electron chi connectivity index (χ2n) is 5.42. The van der Waals surface area contributed by atoms with Gasteiger partial charge in [0.1, 0.15) is 11.3 Å². The fourth-order valence-corrected chi connectivity index (χ4v) is 2.82. The molecule has 0 fully saturated rings. The number of halogens is 1. The zero-order valence-corrected chi connectivity index (χ0v) is 13.8. The standard InChI is InChI=1S/C18H18BrNO/c1-12-4-3-5-14(8-12)11-20-13(2)18-10-15-9-16(19)6-7-17(15)21-18/h3-10,13,20H,11H2,1-2H3. The Labute approximate surface area is 133 Å². The molecule has 0 saturated heterocycles. The predicted octanol–water partition coefficient (Wildman–Crippen LogP) is 5.35. The summed E-state index contributed by atoms with van der Waals surface area (Å²) in [4.78, 5) is 0. The number of benzene rings is 2. The van der Waals surface area contributed by atoms with Gasteiger partial charge in [0.2, 0.25) is 0 Å². The molecule has 0 radical (unpaired) electrons. The molecule has 0 amide bonds. The summed E-state index contributed by atoms with van der Waals surface area (Å²) >= 11 is 3.49. The van der Waals surface area contributed by atoms with Gasteiger partial charge in [0.15, 0.2) is 0 Å². The highest BCUT2D eigenvalue weighted by Crippen LogP contribution is 2.26. The summed E-state index contributed by atoms with van der Waals surface area (Å²) in [5.74, 6) is 0.968. The van der Waals surface area contributed by atoms with Crippen molar-refractivity contribution in [2.45, 2.75) is 26.4 Å². The van der Waals surface area contributed by atoms with Crippen LogP contribution in [-0.4, -0.2) is 0 Å². The number of hydrogen-bond donors (Lipinski definition) is 1. The highest BCUT2D eigenvalue weighted by molar-refractivity contribution is 9.10. The average Bonchev–Trinajstić information content (AvgIpc) is 2.88. The van der Waals surface area contributed by atoms with E-state index in [1.807, 2.05) is 12.1 Å². The Bertz CT molecular complexity index is 763. The molecular weight excluding hydrogens is 326 g/mol. The molecule has 1 heterocycles. The van der Waals surface area contributed by atoms with Gasteiger partial charge in [-0.3, -0.25) is 0 Å². The molecular formula is C18H18BrNO. The summed E-state index contributed by atoms with van der Waals surface area (Å²) in [5.41, 5.74) is 3.51. The third-order valence-electron chi connectivity index (χ3n) is 3.62. The van der Waals surface area contributed by atoms with Crippen LogP contribution in [0.25, 0.3) is 11.0 Å². The van der Waals surface area contributed by atoms with Gasteiger partial charge in [0.05, 0.1) is 6.04 Å². The van der Waals surface area contributed by atoms with Crippen molar-refractivity contribution in [2.75, 3.05) is 0 Å². The van der Waals surface area contributed by atoms with Crippen molar-refractivity contribution >= 4 is 26.9 Å². The molecule has 108 valence electrons. The Morgan fingerprint density at radius 1 is 1.14 bits per heavy atom. The van der Waals surface area contributed by atoms with Crippen LogP contribution in [0.1, 0.15) is 29.9 Å². The van der Waals surface area contributed by atoms with Gasteiger partial charge in [-0.25, -0.2) is 0 Å². The van der Waals surface area contributed by atoms with Crippen molar-refractivity contribution in [2.24, 2.45) is 0 Å². The summed E-state index contributed by atoms with van der Waals surface area (Å²) in [6.45, 7) is 5.08. The van der Waals surface area contributed by atoms with Crippen LogP contribution < -0.4 is 5.32 Å². The number of furan rings is 1. The van der Waals surface area contributed by atoms with E-state index in [0.717, 1.165) is 27.7 Å². The Morgan fingerprint density at radius 3 is 2.81 bits per heavy atom. The minimum atomic E-state index is 0.177. The lowest BCUT2D eigenvalue weighted by Crippen LogP contribution is -2.17. The molecule has 0 bridgehead atoms. The summed E-state index contributed by atoms with van der Waals surface area (Å²) in [7, 11) is 0. The van der Waals surface area contributed by atoms with Gasteiger partial charge >= 0.3 is 0 Å². The molecule has 0 aliphatic carbocycles. The average molecular weight is 344 g/mol. The van der Waals surface area contributed by atoms with E-state index in [1.165, 1.54) is 11.1 Å². The molecule has 1 N–H and O–H groups in total. The molecule has 0 spiro atoms. The van der Waals surface area contributed by atoms with Crippen molar-refractivity contribution in [3.8, 4) is 0 Å². The van der Waals surface area contributed by atoms with E-state index in [0.29, 0.717) is 0 Å². The molecule has 1 atom stereocenters. The van der Waals surface area contributed by atoms with E-state index in [-0.39, 0.29) is 6.04 Å². The molecule has 2 nitrogen and oxygen atoms in total. The van der Waals surface area contributed by atoms with Crippen molar-refractivity contribution in [1.82, 2.24) is 5.32 Å². The molecule has 1 unspecified atom stereocenters. The summed E-state index contributed by atoms with van der Waals surface area (Å²) in [6, 6.07) is 16.9. The third-order valence-corrected chi connectivity index (χ3v) is 4.11. The highest BCUT2D eigenvalue weighted by atomic mass is 79.9. The van der Waals surface area contributed by atoms with E-state index >= 15 is 0 Å². The Balaban J connectivity index is 1.73. The number of nitrogens with one attached hydrogen (secondary N) is 1. The second kappa shape index (κ2) is 6.04. The van der Waals surface area contributed by atoms with Crippen molar-refractivity contribution in [3.05, 3.63) is 69.9 Å². The van der Waals surface area contributed by atoms with E-state index in [1.54, 1.807) is 0 Å². The zero-order chi connectivity index (χ0) is 14.8. The van der Waals surface area contributed by atoms with Crippen molar-refractivity contribution in [1.29, 1.82) is 0 Å². The van der Waals surface area contributed by atoms with E-state index in [4.69, 9.17) is 4.42 Å². The van der Waals surface area contributed by atoms with Crippen LogP contribution in [0.15, 0.2) is 57.4 Å². The van der Waals surface area contributed by atoms with Crippen molar-refractivity contribution in [3.63, 3.8) is 0 Å². The lowest BCUT2D eigenvalue weighted by molar-refractivity contribution is 0.451. The number of rotatable bonds is 4. The normalized spacial score (nSPS) is 12.7. The van der Waals surface area contributed by atoms with E-state index < -0.39 is 0 Å². The first-order valence-electron chi connectivity index (χ1n) is 7.10. The maximum atomic E-state index is 5.91. The Kier molecular flexibility index (Phi) is 4.13. The predicted molar refractivity (Wildman–Crippen MR) is 90.3 cm³/mol. The topological polar surface area (TPSA) is 25.2 Å². The Morgan fingerprint density at radius 2 is 2.00 bits per heavy atom. The van der Waals surface area contributed by atoms with Crippen LogP contribution in [0, 0.1) is 6.92 Å². The minimum absolute atomic E-state index is 0.177. The van der Waals surface area contributed by atoms with E-state index in [2.05, 4.69) is 71.5 Å². The molecule has 3 aromatic rings. The van der Waals surface area contributed by atoms with Crippen LogP contribution in [0.4, 0.5) is 0 Å². The largest absolute Gasteiger partial charge is 0.459 e. The van der Waals surface area contributed by atoms with Gasteiger partial charge in [-0.15, -0.1) is 0 Å². The molecule has 0 aliphatic rings. The first kappa shape index (κ1) is 14.4. The van der Waals surface area contributed by atoms with Gasteiger partial charge in [-0.2, -0.15) is 0 Å². The first-order valence-corrected chi connectivity index (χ1v) is 7.89. The van der Waals surface area contributed by atoms with Crippen LogP contribution >= 0.6 is 15.9 Å². The molecule has 0 aliphatic heterocycles. The van der Waals surface area contributed by atoms with Crippen LogP contribution in [0.5, 0.6) is 0 Å². The van der Waals surface area contributed by atoms with Crippen molar-refractivity contribution < 1.29 is 4.42 Å². The fraction of sp³-hybridized carbons (Fsp3) is 0.222. The third kappa shape index (κ3) is 3.36. The molecule has 2 aromatic carbocycles. The maximum absolute atomic E-state index is 5.91. The number of fused-ring (bicyclic) bond motifs is 1. The lowest BCUT2D eigenvalue weighted by atomic mass is 10.1. The van der Waals surface area contributed by atoms with Gasteiger partial charge in [0, 0.05) is 16.4 Å². The van der Waals surface area contributed by atoms with Gasteiger partial charge < -0.3 is 9.73 Å². The molecule has 3 heteroatoms. The van der Waals surface area contributed by atoms with Gasteiger partial charge in [-0.05, 0) is 43.7 Å². The Hall–Kier alpha value is -1.58. The molecule has 1 aromatic heterocycles. The van der Waals surface area contributed by atoms with Crippen LogP contribution in [0.3, 0.4) is 0 Å². The summed E-state index contributed by atoms with van der Waals surface area (Å²) in [5, 5.41) is 4.64. The molecule has 0 saturated carbocycles. The minimum Gasteiger partial charge on any atom is -0.459 e. The maximum Gasteiger partial charge on any atom is 0.134 e. The molecule has 21 heavy (non-hydrogen) atoms. The van der Waals surface area contributed by atoms with Crippen LogP contribution in [-0.2, 0) is 6.54 Å². The summed E-state index contributed by atoms with van der Waals surface area (Å²) < 4.78 is 6.99. The highest BCUT2D eigenvalue weighted by Gasteiger charge is 2.11. The summed E-state index contributed by atoms with van der Waals surface area (Å²) in [6.07, 6.45) is 0. The fourth-order valence-electron chi connectivity index (χ4n) is 2.44. The van der Waals surface area contributed by atoms with Gasteiger partial charge in [-0.1, -0.05) is 45.8 Å². The number of hydrogen-bond acceptors (Lipinski definition) is 2. The van der Waals surface area contributed by atoms with E-state index in [9.17, 15) is 0 Å².